The fraction of sp³-hybridized carbons (Fsp3) is 0.647. The van der Waals surface area contributed by atoms with Crippen molar-refractivity contribution in [3.05, 3.63) is 18.6 Å². The zero-order valence-corrected chi connectivity index (χ0v) is 16.3. The Hall–Kier alpha value is -1.79. The number of ether oxygens (including phenoxy) is 1. The fourth-order valence-electron chi connectivity index (χ4n) is 4.27. The van der Waals surface area contributed by atoms with Crippen LogP contribution in [0.25, 0.3) is 11.0 Å². The van der Waals surface area contributed by atoms with Crippen LogP contribution in [0.5, 0.6) is 0 Å². The number of aliphatic hydroxyl groups is 1. The summed E-state index contributed by atoms with van der Waals surface area (Å²) >= 11 is 0. The van der Waals surface area contributed by atoms with E-state index >= 15 is 0 Å². The number of H-pyrrole nitrogens is 1. The van der Waals surface area contributed by atoms with E-state index in [-0.39, 0.29) is 19.2 Å². The molecule has 0 bridgehead atoms. The molecule has 0 unspecified atom stereocenters. The predicted octanol–water partition coefficient (Wildman–Crippen LogP) is -0.450. The third-order valence-corrected chi connectivity index (χ3v) is 8.17. The van der Waals surface area contributed by atoms with Crippen LogP contribution < -0.4 is 4.90 Å². The maximum atomic E-state index is 13.4. The number of aliphatic hydroxyl groups excluding tert-OH is 1. The summed E-state index contributed by atoms with van der Waals surface area (Å²) in [5, 5.41) is 10.3. The summed E-state index contributed by atoms with van der Waals surface area (Å²) < 4.78 is 35.1. The van der Waals surface area contributed by atoms with Gasteiger partial charge in [0.25, 0.3) is 10.2 Å². The second-order valence-corrected chi connectivity index (χ2v) is 9.49. The molecule has 0 atom stereocenters. The maximum absolute atomic E-state index is 13.4. The molecule has 5 rings (SSSR count). The van der Waals surface area contributed by atoms with Crippen LogP contribution in [0.4, 0.5) is 5.82 Å². The Morgan fingerprint density at radius 2 is 2.14 bits per heavy atom. The average Bonchev–Trinajstić information content (AvgIpc) is 3.21. The molecule has 0 aromatic carbocycles. The van der Waals surface area contributed by atoms with Gasteiger partial charge in [0, 0.05) is 32.4 Å². The van der Waals surface area contributed by atoms with Crippen LogP contribution in [0, 0.1) is 0 Å². The van der Waals surface area contributed by atoms with E-state index in [1.165, 1.54) is 10.6 Å². The van der Waals surface area contributed by atoms with E-state index < -0.39 is 15.7 Å². The van der Waals surface area contributed by atoms with Gasteiger partial charge in [-0.3, -0.25) is 0 Å². The Labute approximate surface area is 163 Å². The van der Waals surface area contributed by atoms with Gasteiger partial charge in [-0.25, -0.2) is 9.97 Å². The molecule has 10 nitrogen and oxygen atoms in total. The van der Waals surface area contributed by atoms with E-state index in [0.717, 1.165) is 29.7 Å². The van der Waals surface area contributed by atoms with E-state index in [0.29, 0.717) is 32.8 Å². The molecule has 2 aromatic rings. The lowest BCUT2D eigenvalue weighted by Gasteiger charge is -2.45. The number of hydrogen-bond donors (Lipinski definition) is 2. The van der Waals surface area contributed by atoms with Crippen LogP contribution in [0.1, 0.15) is 12.8 Å². The standard InChI is InChI=1S/C17H24N6O4S/c24-8-7-22(13-9-27-10-13)28(25,26)23-6-5-21(11-17(23)2-3-17)16-14-1-4-18-15(14)19-12-20-16/h1,4,12-13,24H,2-3,5-11H2,(H,18,19,20). The minimum atomic E-state index is -3.67. The molecule has 3 aliphatic rings. The molecule has 2 saturated heterocycles. The van der Waals surface area contributed by atoms with Crippen molar-refractivity contribution in [3.8, 4) is 0 Å². The van der Waals surface area contributed by atoms with Gasteiger partial charge in [0.1, 0.15) is 17.8 Å². The lowest BCUT2D eigenvalue weighted by molar-refractivity contribution is -0.0416. The first kappa shape index (κ1) is 18.3. The SMILES string of the molecule is O=S(=O)(N(CCO)C1COC1)N1CCN(c2ncnc3[nH]ccc23)CC12CC2. The third-order valence-electron chi connectivity index (χ3n) is 5.97. The topological polar surface area (TPSA) is 115 Å². The van der Waals surface area contributed by atoms with Gasteiger partial charge in [0.15, 0.2) is 0 Å². The van der Waals surface area contributed by atoms with E-state index in [1.54, 1.807) is 4.31 Å². The smallest absolute Gasteiger partial charge is 0.283 e. The Balaban J connectivity index is 1.41. The number of piperazine rings is 1. The van der Waals surface area contributed by atoms with Crippen LogP contribution >= 0.6 is 0 Å². The summed E-state index contributed by atoms with van der Waals surface area (Å²) in [6, 6.07) is 1.76. The Morgan fingerprint density at radius 1 is 1.32 bits per heavy atom. The lowest BCUT2D eigenvalue weighted by Crippen LogP contribution is -2.63. The van der Waals surface area contributed by atoms with Crippen LogP contribution in [0.15, 0.2) is 18.6 Å². The monoisotopic (exact) mass is 408 g/mol. The molecule has 4 heterocycles. The van der Waals surface area contributed by atoms with Crippen molar-refractivity contribution in [2.45, 2.75) is 24.4 Å². The molecular formula is C17H24N6O4S. The summed E-state index contributed by atoms with van der Waals surface area (Å²) in [4.78, 5) is 14.0. The van der Waals surface area contributed by atoms with Gasteiger partial charge in [-0.15, -0.1) is 0 Å². The van der Waals surface area contributed by atoms with Gasteiger partial charge in [0.2, 0.25) is 0 Å². The molecule has 28 heavy (non-hydrogen) atoms. The number of hydrogen-bond acceptors (Lipinski definition) is 7. The summed E-state index contributed by atoms with van der Waals surface area (Å²) in [5.41, 5.74) is 0.382. The van der Waals surface area contributed by atoms with Crippen LogP contribution in [0.2, 0.25) is 0 Å². The molecule has 0 amide bonds. The van der Waals surface area contributed by atoms with E-state index in [9.17, 15) is 13.5 Å². The van der Waals surface area contributed by atoms with Crippen molar-refractivity contribution < 1.29 is 18.3 Å². The highest BCUT2D eigenvalue weighted by molar-refractivity contribution is 7.86. The number of anilines is 1. The van der Waals surface area contributed by atoms with Crippen LogP contribution in [0.3, 0.4) is 0 Å². The number of rotatable bonds is 6. The van der Waals surface area contributed by atoms with Crippen molar-refractivity contribution in [1.29, 1.82) is 0 Å². The fourth-order valence-corrected chi connectivity index (χ4v) is 6.37. The van der Waals surface area contributed by atoms with Gasteiger partial charge in [0.05, 0.1) is 36.8 Å². The molecule has 11 heteroatoms. The first-order valence-corrected chi connectivity index (χ1v) is 11.0. The molecule has 2 N–H and O–H groups in total. The molecule has 1 saturated carbocycles. The van der Waals surface area contributed by atoms with Gasteiger partial charge in [-0.1, -0.05) is 0 Å². The van der Waals surface area contributed by atoms with Crippen molar-refractivity contribution >= 4 is 27.1 Å². The van der Waals surface area contributed by atoms with E-state index in [1.807, 2.05) is 12.3 Å². The first-order chi connectivity index (χ1) is 13.5. The Bertz CT molecular complexity index is 971. The molecule has 1 aliphatic carbocycles. The molecule has 3 fully saturated rings. The summed E-state index contributed by atoms with van der Waals surface area (Å²) in [6.45, 7) is 2.24. The zero-order chi connectivity index (χ0) is 19.4. The quantitative estimate of drug-likeness (QED) is 0.665. The third kappa shape index (κ3) is 2.80. The maximum Gasteiger partial charge on any atom is 0.283 e. The summed E-state index contributed by atoms with van der Waals surface area (Å²) in [5.74, 6) is 0.842. The van der Waals surface area contributed by atoms with E-state index in [4.69, 9.17) is 4.74 Å². The van der Waals surface area contributed by atoms with Crippen molar-refractivity contribution in [2.24, 2.45) is 0 Å². The number of fused-ring (bicyclic) bond motifs is 1. The summed E-state index contributed by atoms with van der Waals surface area (Å²) in [7, 11) is -3.67. The van der Waals surface area contributed by atoms with Crippen molar-refractivity contribution in [1.82, 2.24) is 23.6 Å². The number of nitrogens with zero attached hydrogens (tertiary/aromatic N) is 5. The van der Waals surface area contributed by atoms with Gasteiger partial charge in [-0.05, 0) is 18.9 Å². The Morgan fingerprint density at radius 3 is 2.82 bits per heavy atom. The Kier molecular flexibility index (Phi) is 4.32. The molecule has 152 valence electrons. The minimum absolute atomic E-state index is 0.0997. The lowest BCUT2D eigenvalue weighted by atomic mass is 10.2. The highest BCUT2D eigenvalue weighted by Crippen LogP contribution is 2.47. The molecule has 2 aliphatic heterocycles. The minimum Gasteiger partial charge on any atom is -0.395 e. The molecular weight excluding hydrogens is 384 g/mol. The largest absolute Gasteiger partial charge is 0.395 e. The molecule has 1 spiro atoms. The molecule has 2 aromatic heterocycles. The highest BCUT2D eigenvalue weighted by atomic mass is 32.2. The predicted molar refractivity (Wildman–Crippen MR) is 102 cm³/mol. The zero-order valence-electron chi connectivity index (χ0n) is 15.5. The average molecular weight is 408 g/mol. The number of aromatic nitrogens is 3. The van der Waals surface area contributed by atoms with Crippen molar-refractivity contribution in [2.75, 3.05) is 50.9 Å². The second kappa shape index (κ2) is 6.63. The summed E-state index contributed by atoms with van der Waals surface area (Å²) in [6.07, 6.45) is 5.04. The first-order valence-electron chi connectivity index (χ1n) is 9.56. The van der Waals surface area contributed by atoms with Gasteiger partial charge < -0.3 is 19.7 Å². The van der Waals surface area contributed by atoms with Gasteiger partial charge >= 0.3 is 0 Å². The number of aromatic amines is 1. The second-order valence-electron chi connectivity index (χ2n) is 7.69. The van der Waals surface area contributed by atoms with Crippen molar-refractivity contribution in [3.63, 3.8) is 0 Å². The number of nitrogens with one attached hydrogen (secondary N) is 1. The highest BCUT2D eigenvalue weighted by Gasteiger charge is 2.57. The normalized spacial score (nSPS) is 22.9. The molecule has 0 radical (unpaired) electrons. The van der Waals surface area contributed by atoms with E-state index in [2.05, 4.69) is 19.9 Å². The van der Waals surface area contributed by atoms with Crippen LogP contribution in [-0.2, 0) is 14.9 Å². The van der Waals surface area contributed by atoms with Gasteiger partial charge in [-0.2, -0.15) is 17.0 Å². The van der Waals surface area contributed by atoms with Crippen LogP contribution in [-0.4, -0.2) is 94.7 Å².